The number of ether oxygens (including phenoxy) is 3. The number of carbonyl (C=O) groups is 1. The maximum absolute atomic E-state index is 14.8. The molecule has 1 saturated heterocycles. The number of nitrogens with one attached hydrogen (secondary N) is 1. The second-order valence-corrected chi connectivity index (χ2v) is 15.4. The number of halogens is 3. The number of carbonyl (C=O) groups excluding carboxylic acids is 1. The summed E-state index contributed by atoms with van der Waals surface area (Å²) < 4.78 is 73.0. The van der Waals surface area contributed by atoms with Gasteiger partial charge in [0, 0.05) is 39.6 Å². The molecule has 282 valence electrons. The SMILES string of the molecule is COc1nc(N)nc2c1nc(I)n2[C@@H]1O[C@H](COP(=O)(N[C@H](C(=O)OCc2ccc(F)cc2F)C(C)C)Oc2cccc3ccccc23)[C@@H](O)[C@@]1(C)O. The number of nitrogens with zero attached hydrogens (tertiary/aromatic N) is 4. The lowest BCUT2D eigenvalue weighted by Gasteiger charge is -2.28. The van der Waals surface area contributed by atoms with Crippen molar-refractivity contribution in [2.75, 3.05) is 19.5 Å². The van der Waals surface area contributed by atoms with Gasteiger partial charge in [0.1, 0.15) is 47.8 Å². The molecule has 0 spiro atoms. The minimum atomic E-state index is -4.61. The van der Waals surface area contributed by atoms with Crippen molar-refractivity contribution < 1.29 is 51.6 Å². The molecule has 19 heteroatoms. The Morgan fingerprint density at radius 3 is 2.60 bits per heavy atom. The Labute approximate surface area is 315 Å². The highest BCUT2D eigenvalue weighted by atomic mass is 127. The van der Waals surface area contributed by atoms with Crippen molar-refractivity contribution in [3.8, 4) is 11.6 Å². The predicted molar refractivity (Wildman–Crippen MR) is 196 cm³/mol. The molecule has 0 aliphatic carbocycles. The van der Waals surface area contributed by atoms with Gasteiger partial charge in [0.2, 0.25) is 11.8 Å². The van der Waals surface area contributed by atoms with Crippen LogP contribution >= 0.6 is 30.3 Å². The smallest absolute Gasteiger partial charge is 0.459 e. The van der Waals surface area contributed by atoms with E-state index < -0.39 is 74.6 Å². The fourth-order valence-electron chi connectivity index (χ4n) is 5.83. The average Bonchev–Trinajstić information content (AvgIpc) is 3.55. The number of aromatic nitrogens is 4. The standard InChI is InChI=1S/C34H36F2IN6O9P/c1-17(2)25(30(45)49-15-19-12-13-20(35)14-22(19)36)42-53(47,52-23-11-7-9-18-8-5-6-10-21(18)23)50-16-24-27(44)34(3,46)31(51-24)43-28-26(39-32(43)37)29(48-4)41-33(38)40-28/h5-14,17,24-25,27,31,44,46H,15-16H2,1-4H3,(H,42,47)(H2,38,40,41)/t24-,25+,27-,31-,34-,53?/m1/s1. The number of nitrogens with two attached hydrogens (primary N) is 1. The molecule has 6 rings (SSSR count). The van der Waals surface area contributed by atoms with E-state index in [1.165, 1.54) is 18.6 Å². The number of benzene rings is 3. The van der Waals surface area contributed by atoms with Gasteiger partial charge in [-0.25, -0.2) is 18.3 Å². The maximum Gasteiger partial charge on any atom is 0.459 e. The maximum atomic E-state index is 14.8. The van der Waals surface area contributed by atoms with Crippen LogP contribution in [0.1, 0.15) is 32.6 Å². The van der Waals surface area contributed by atoms with Gasteiger partial charge in [-0.15, -0.1) is 0 Å². The number of hydrogen-bond acceptors (Lipinski definition) is 13. The molecule has 3 heterocycles. The summed E-state index contributed by atoms with van der Waals surface area (Å²) in [4.78, 5) is 26.1. The van der Waals surface area contributed by atoms with Crippen LogP contribution in [0.15, 0.2) is 60.7 Å². The largest absolute Gasteiger partial charge is 0.479 e. The van der Waals surface area contributed by atoms with Gasteiger partial charge in [-0.2, -0.15) is 15.1 Å². The first kappa shape index (κ1) is 38.7. The number of esters is 1. The highest BCUT2D eigenvalue weighted by Crippen LogP contribution is 2.49. The number of rotatable bonds is 13. The molecule has 6 atom stereocenters. The van der Waals surface area contributed by atoms with Crippen LogP contribution in [-0.4, -0.2) is 73.3 Å². The molecule has 0 radical (unpaired) electrons. The molecule has 5 N–H and O–H groups in total. The van der Waals surface area contributed by atoms with Crippen LogP contribution in [0.2, 0.25) is 0 Å². The number of hydrogen-bond donors (Lipinski definition) is 4. The van der Waals surface area contributed by atoms with Crippen LogP contribution < -0.4 is 20.1 Å². The van der Waals surface area contributed by atoms with Gasteiger partial charge in [0.15, 0.2) is 21.2 Å². The van der Waals surface area contributed by atoms with Crippen LogP contribution in [0, 0.1) is 21.4 Å². The van der Waals surface area contributed by atoms with Crippen molar-refractivity contribution in [1.29, 1.82) is 0 Å². The Morgan fingerprint density at radius 2 is 1.89 bits per heavy atom. The van der Waals surface area contributed by atoms with Crippen LogP contribution in [0.3, 0.4) is 0 Å². The molecule has 2 aromatic heterocycles. The molecule has 15 nitrogen and oxygen atoms in total. The van der Waals surface area contributed by atoms with Gasteiger partial charge in [-0.3, -0.25) is 13.9 Å². The van der Waals surface area contributed by atoms with Gasteiger partial charge in [-0.05, 0) is 36.4 Å². The number of imidazole rings is 1. The Hall–Kier alpha value is -4.04. The van der Waals surface area contributed by atoms with Gasteiger partial charge in [0.25, 0.3) is 0 Å². The molecule has 1 fully saturated rings. The molecule has 53 heavy (non-hydrogen) atoms. The van der Waals surface area contributed by atoms with Crippen molar-refractivity contribution >= 4 is 64.2 Å². The summed E-state index contributed by atoms with van der Waals surface area (Å²) in [5.41, 5.74) is 4.23. The topological polar surface area (TPSA) is 202 Å². The summed E-state index contributed by atoms with van der Waals surface area (Å²) >= 11 is 1.90. The molecule has 0 bridgehead atoms. The lowest BCUT2D eigenvalue weighted by atomic mass is 9.96. The second-order valence-electron chi connectivity index (χ2n) is 12.8. The first-order valence-corrected chi connectivity index (χ1v) is 18.8. The van der Waals surface area contributed by atoms with Crippen molar-refractivity contribution in [3.63, 3.8) is 0 Å². The van der Waals surface area contributed by atoms with E-state index in [2.05, 4.69) is 20.0 Å². The van der Waals surface area contributed by atoms with Crippen molar-refractivity contribution in [2.24, 2.45) is 5.92 Å². The molecule has 1 unspecified atom stereocenters. The Morgan fingerprint density at radius 1 is 1.15 bits per heavy atom. The normalized spacial score (nSPS) is 21.9. The summed E-state index contributed by atoms with van der Waals surface area (Å²) in [6.07, 6.45) is -4.25. The van der Waals surface area contributed by atoms with E-state index in [0.717, 1.165) is 17.5 Å². The van der Waals surface area contributed by atoms with E-state index in [-0.39, 0.29) is 34.3 Å². The fraction of sp³-hybridized carbons (Fsp3) is 0.353. The van der Waals surface area contributed by atoms with Crippen LogP contribution in [0.25, 0.3) is 21.9 Å². The number of fused-ring (bicyclic) bond motifs is 2. The van der Waals surface area contributed by atoms with Gasteiger partial charge < -0.3 is 34.7 Å². The third-order valence-corrected chi connectivity index (χ3v) is 10.9. The van der Waals surface area contributed by atoms with E-state index >= 15 is 0 Å². The van der Waals surface area contributed by atoms with Crippen LogP contribution in [-0.2, 0) is 30.0 Å². The van der Waals surface area contributed by atoms with Gasteiger partial charge >= 0.3 is 13.7 Å². The van der Waals surface area contributed by atoms with E-state index in [0.29, 0.717) is 15.3 Å². The lowest BCUT2D eigenvalue weighted by molar-refractivity contribution is -0.148. The third-order valence-electron chi connectivity index (χ3n) is 8.64. The molecule has 0 saturated carbocycles. The number of nitrogen functional groups attached to an aromatic ring is 1. The zero-order valence-electron chi connectivity index (χ0n) is 28.8. The van der Waals surface area contributed by atoms with Crippen molar-refractivity contribution in [2.45, 2.75) is 57.5 Å². The van der Waals surface area contributed by atoms with E-state index in [1.54, 1.807) is 38.1 Å². The van der Waals surface area contributed by atoms with Crippen LogP contribution in [0.4, 0.5) is 14.7 Å². The highest BCUT2D eigenvalue weighted by molar-refractivity contribution is 14.1. The number of aliphatic hydroxyl groups excluding tert-OH is 1. The first-order valence-electron chi connectivity index (χ1n) is 16.2. The first-order chi connectivity index (χ1) is 25.1. The summed E-state index contributed by atoms with van der Waals surface area (Å²) in [6, 6.07) is 13.7. The summed E-state index contributed by atoms with van der Waals surface area (Å²) in [7, 11) is -3.23. The second kappa shape index (κ2) is 15.4. The monoisotopic (exact) mass is 868 g/mol. The molecular formula is C34H36F2IN6O9P. The van der Waals surface area contributed by atoms with Crippen LogP contribution in [0.5, 0.6) is 11.6 Å². The number of anilines is 1. The predicted octanol–water partition coefficient (Wildman–Crippen LogP) is 5.02. The van der Waals surface area contributed by atoms with Crippen molar-refractivity contribution in [3.05, 3.63) is 81.7 Å². The summed E-state index contributed by atoms with van der Waals surface area (Å²) in [6.45, 7) is 3.48. The molecule has 1 aliphatic heterocycles. The van der Waals surface area contributed by atoms with Gasteiger partial charge in [0.05, 0.1) is 13.7 Å². The number of aliphatic hydroxyl groups is 2. The summed E-state index contributed by atoms with van der Waals surface area (Å²) in [5.74, 6) is -3.10. The lowest BCUT2D eigenvalue weighted by Crippen LogP contribution is -2.45. The quantitative estimate of drug-likeness (QED) is 0.0532. The minimum absolute atomic E-state index is 0.0735. The average molecular weight is 869 g/mol. The molecular weight excluding hydrogens is 832 g/mol. The molecule has 5 aromatic rings. The zero-order chi connectivity index (χ0) is 38.2. The fourth-order valence-corrected chi connectivity index (χ4v) is 8.24. The van der Waals surface area contributed by atoms with E-state index in [1.807, 2.05) is 40.8 Å². The summed E-state index contributed by atoms with van der Waals surface area (Å²) in [5, 5.41) is 27.0. The van der Waals surface area contributed by atoms with E-state index in [4.69, 9.17) is 29.0 Å². The molecule has 0 amide bonds. The zero-order valence-corrected chi connectivity index (χ0v) is 31.8. The Bertz CT molecular complexity index is 2200. The molecule has 1 aliphatic rings. The third kappa shape index (κ3) is 7.94. The Balaban J connectivity index is 1.29. The minimum Gasteiger partial charge on any atom is -0.479 e. The number of methoxy groups -OCH3 is 1. The Kier molecular flexibility index (Phi) is 11.2. The molecule has 3 aromatic carbocycles. The highest BCUT2D eigenvalue weighted by Gasteiger charge is 2.55. The van der Waals surface area contributed by atoms with E-state index in [9.17, 15) is 28.4 Å². The van der Waals surface area contributed by atoms with Gasteiger partial charge in [-0.1, -0.05) is 50.2 Å². The van der Waals surface area contributed by atoms with Crippen molar-refractivity contribution in [1.82, 2.24) is 24.6 Å².